The lowest BCUT2D eigenvalue weighted by Gasteiger charge is -2.29. The van der Waals surface area contributed by atoms with Crippen molar-refractivity contribution >= 4 is 43.8 Å². The number of amides is 1. The second kappa shape index (κ2) is 10.6. The molecule has 0 aliphatic carbocycles. The Morgan fingerprint density at radius 1 is 1.11 bits per heavy atom. The van der Waals surface area contributed by atoms with Crippen LogP contribution in [0, 0.1) is 0 Å². The summed E-state index contributed by atoms with van der Waals surface area (Å²) in [5.74, 6) is 0.939. The van der Waals surface area contributed by atoms with Crippen molar-refractivity contribution in [2.45, 2.75) is 6.54 Å². The van der Waals surface area contributed by atoms with Crippen molar-refractivity contribution in [2.24, 2.45) is 14.1 Å². The van der Waals surface area contributed by atoms with Gasteiger partial charge in [-0.2, -0.15) is 0 Å². The number of aromatic nitrogens is 5. The van der Waals surface area contributed by atoms with Crippen LogP contribution in [0.4, 0.5) is 5.13 Å². The third-order valence-corrected chi connectivity index (χ3v) is 7.79. The molecule has 0 radical (unpaired) electrons. The quantitative estimate of drug-likeness (QED) is 0.311. The van der Waals surface area contributed by atoms with Crippen LogP contribution in [0.25, 0.3) is 21.4 Å². The van der Waals surface area contributed by atoms with E-state index in [1.165, 1.54) is 33.8 Å². The average molecular weight is 544 g/mol. The van der Waals surface area contributed by atoms with E-state index in [9.17, 15) is 14.4 Å². The number of fused-ring (bicyclic) bond motifs is 2. The number of thiazole rings is 1. The van der Waals surface area contributed by atoms with Crippen molar-refractivity contribution < 1.29 is 19.0 Å². The zero-order valence-corrected chi connectivity index (χ0v) is 22.5. The topological polar surface area (TPSA) is 126 Å². The highest BCUT2D eigenvalue weighted by Crippen LogP contribution is 2.40. The maximum atomic E-state index is 13.8. The number of methoxy groups -OCH3 is 2. The largest absolute Gasteiger partial charge is 0.495 e. The second-order valence-electron chi connectivity index (χ2n) is 8.89. The first-order valence-electron chi connectivity index (χ1n) is 12.1. The van der Waals surface area contributed by atoms with Crippen LogP contribution in [-0.2, 0) is 30.2 Å². The number of hydrogen-bond donors (Lipinski definition) is 0. The van der Waals surface area contributed by atoms with E-state index in [1.807, 2.05) is 0 Å². The van der Waals surface area contributed by atoms with E-state index in [0.717, 1.165) is 22.4 Å². The first kappa shape index (κ1) is 25.9. The van der Waals surface area contributed by atoms with E-state index >= 15 is 0 Å². The Hall–Kier alpha value is -3.75. The smallest absolute Gasteiger partial charge is 0.332 e. The van der Waals surface area contributed by atoms with E-state index in [2.05, 4.69) is 9.88 Å². The Morgan fingerprint density at radius 2 is 1.82 bits per heavy atom. The van der Waals surface area contributed by atoms with Crippen LogP contribution in [0.2, 0.25) is 0 Å². The van der Waals surface area contributed by atoms with Gasteiger partial charge in [0, 0.05) is 40.3 Å². The van der Waals surface area contributed by atoms with E-state index in [4.69, 9.17) is 19.2 Å². The molecular weight excluding hydrogens is 514 g/mol. The molecule has 1 saturated heterocycles. The number of benzene rings is 1. The summed E-state index contributed by atoms with van der Waals surface area (Å²) in [5.41, 5.74) is 0.0169. The molecular formula is C24H29N7O6S. The van der Waals surface area contributed by atoms with Crippen LogP contribution in [0.3, 0.4) is 0 Å². The van der Waals surface area contributed by atoms with Gasteiger partial charge in [-0.1, -0.05) is 11.3 Å². The van der Waals surface area contributed by atoms with Gasteiger partial charge in [-0.25, -0.2) is 14.8 Å². The SMILES string of the molecule is COc1ccc(OC)c2sc(N(CCN3CCOCC3)C(=O)Cn3cnc4c3c(=O)n(C)c(=O)n4C)nc12. The minimum Gasteiger partial charge on any atom is -0.495 e. The monoisotopic (exact) mass is 543 g/mol. The summed E-state index contributed by atoms with van der Waals surface area (Å²) in [7, 11) is 6.10. The number of anilines is 1. The van der Waals surface area contributed by atoms with Crippen LogP contribution in [-0.4, -0.2) is 88.1 Å². The molecule has 0 saturated carbocycles. The van der Waals surface area contributed by atoms with Gasteiger partial charge in [-0.05, 0) is 12.1 Å². The highest BCUT2D eigenvalue weighted by Gasteiger charge is 2.25. The summed E-state index contributed by atoms with van der Waals surface area (Å²) in [6.07, 6.45) is 1.41. The molecule has 38 heavy (non-hydrogen) atoms. The number of carbonyl (C=O) groups excluding carboxylic acids is 1. The first-order chi connectivity index (χ1) is 18.3. The third kappa shape index (κ3) is 4.54. The predicted octanol–water partition coefficient (Wildman–Crippen LogP) is 0.426. The van der Waals surface area contributed by atoms with Crippen LogP contribution in [0.15, 0.2) is 28.0 Å². The Bertz CT molecular complexity index is 1570. The van der Waals surface area contributed by atoms with Crippen LogP contribution in [0.5, 0.6) is 11.5 Å². The minimum absolute atomic E-state index is 0.156. The fourth-order valence-electron chi connectivity index (χ4n) is 4.53. The highest BCUT2D eigenvalue weighted by atomic mass is 32.1. The molecule has 0 spiro atoms. The van der Waals surface area contributed by atoms with Gasteiger partial charge in [0.1, 0.15) is 28.3 Å². The fourth-order valence-corrected chi connectivity index (χ4v) is 5.65. The molecule has 202 valence electrons. The standard InChI is InChI=1S/C24H29N7O6S/c1-27-21-19(22(33)28(2)24(27)34)30(14-25-21)13-17(32)31(8-7-29-9-11-37-12-10-29)23-26-18-15(35-3)5-6-16(36-4)20(18)38-23/h5-6,14H,7-13H2,1-4H3. The molecule has 0 N–H and O–H groups in total. The maximum absolute atomic E-state index is 13.8. The molecule has 13 nitrogen and oxygen atoms in total. The molecule has 0 bridgehead atoms. The summed E-state index contributed by atoms with van der Waals surface area (Å²) in [5, 5.41) is 0.491. The zero-order valence-electron chi connectivity index (χ0n) is 21.7. The van der Waals surface area contributed by atoms with Crippen molar-refractivity contribution in [2.75, 3.05) is 58.5 Å². The van der Waals surface area contributed by atoms with Gasteiger partial charge in [-0.3, -0.25) is 28.5 Å². The Balaban J connectivity index is 1.53. The van der Waals surface area contributed by atoms with Gasteiger partial charge in [0.05, 0.1) is 33.8 Å². The number of morpholine rings is 1. The number of aryl methyl sites for hydroxylation is 1. The summed E-state index contributed by atoms with van der Waals surface area (Å²) >= 11 is 1.34. The Labute approximate surface area is 221 Å². The summed E-state index contributed by atoms with van der Waals surface area (Å²) in [6, 6.07) is 3.59. The van der Waals surface area contributed by atoms with E-state index < -0.39 is 11.2 Å². The summed E-state index contributed by atoms with van der Waals surface area (Å²) < 4.78 is 21.0. The van der Waals surface area contributed by atoms with Gasteiger partial charge in [0.2, 0.25) is 5.91 Å². The summed E-state index contributed by atoms with van der Waals surface area (Å²) in [4.78, 5) is 51.9. The van der Waals surface area contributed by atoms with Crippen molar-refractivity contribution in [1.29, 1.82) is 0 Å². The lowest BCUT2D eigenvalue weighted by Crippen LogP contribution is -2.44. The number of nitrogens with zero attached hydrogens (tertiary/aromatic N) is 7. The van der Waals surface area contributed by atoms with Gasteiger partial charge >= 0.3 is 5.69 Å². The van der Waals surface area contributed by atoms with E-state index in [1.54, 1.807) is 38.3 Å². The molecule has 0 unspecified atom stereocenters. The normalized spacial score (nSPS) is 14.3. The van der Waals surface area contributed by atoms with Crippen LogP contribution >= 0.6 is 11.3 Å². The van der Waals surface area contributed by atoms with Crippen molar-refractivity contribution in [3.8, 4) is 11.5 Å². The lowest BCUT2D eigenvalue weighted by atomic mass is 10.3. The van der Waals surface area contributed by atoms with Crippen LogP contribution in [0.1, 0.15) is 0 Å². The predicted molar refractivity (Wildman–Crippen MR) is 143 cm³/mol. The van der Waals surface area contributed by atoms with Crippen molar-refractivity contribution in [3.05, 3.63) is 39.3 Å². The average Bonchev–Trinajstić information content (AvgIpc) is 3.56. The Morgan fingerprint density at radius 3 is 2.53 bits per heavy atom. The number of ether oxygens (including phenoxy) is 3. The third-order valence-electron chi connectivity index (χ3n) is 6.70. The number of carbonyl (C=O) groups is 1. The molecule has 4 aromatic rings. The van der Waals surface area contributed by atoms with Crippen LogP contribution < -0.4 is 25.6 Å². The molecule has 14 heteroatoms. The zero-order chi connectivity index (χ0) is 27.0. The molecule has 1 aliphatic heterocycles. The molecule has 3 aromatic heterocycles. The molecule has 5 rings (SSSR count). The second-order valence-corrected chi connectivity index (χ2v) is 9.87. The number of hydrogen-bond acceptors (Lipinski definition) is 10. The van der Waals surface area contributed by atoms with E-state index in [0.29, 0.717) is 48.5 Å². The van der Waals surface area contributed by atoms with Crippen molar-refractivity contribution in [3.63, 3.8) is 0 Å². The number of imidazole rings is 1. The molecule has 1 amide bonds. The fraction of sp³-hybridized carbons (Fsp3) is 0.458. The maximum Gasteiger partial charge on any atom is 0.332 e. The number of rotatable bonds is 8. The minimum atomic E-state index is -0.511. The summed E-state index contributed by atoms with van der Waals surface area (Å²) in [6.45, 7) is 3.70. The highest BCUT2D eigenvalue weighted by molar-refractivity contribution is 7.22. The van der Waals surface area contributed by atoms with E-state index in [-0.39, 0.29) is 23.6 Å². The first-order valence-corrected chi connectivity index (χ1v) is 12.9. The molecule has 1 aromatic carbocycles. The van der Waals surface area contributed by atoms with Crippen molar-refractivity contribution in [1.82, 2.24) is 28.6 Å². The molecule has 1 fully saturated rings. The van der Waals surface area contributed by atoms with Gasteiger partial charge in [-0.15, -0.1) is 0 Å². The van der Waals surface area contributed by atoms with Gasteiger partial charge in [0.15, 0.2) is 16.3 Å². The molecule has 4 heterocycles. The Kier molecular flexibility index (Phi) is 7.19. The molecule has 0 atom stereocenters. The van der Waals surface area contributed by atoms with Gasteiger partial charge < -0.3 is 18.8 Å². The van der Waals surface area contributed by atoms with Gasteiger partial charge in [0.25, 0.3) is 5.56 Å². The lowest BCUT2D eigenvalue weighted by molar-refractivity contribution is -0.119. The molecule has 1 aliphatic rings.